The van der Waals surface area contributed by atoms with E-state index in [1.165, 1.54) is 54.7 Å². The number of hydrogen-bond acceptors (Lipinski definition) is 3. The second kappa shape index (κ2) is 7.42. The van der Waals surface area contributed by atoms with Crippen LogP contribution in [0.1, 0.15) is 43.5 Å². The zero-order valence-electron chi connectivity index (χ0n) is 15.0. The average molecular weight is 359 g/mol. The summed E-state index contributed by atoms with van der Waals surface area (Å²) in [5, 5.41) is 1.03. The van der Waals surface area contributed by atoms with E-state index in [1.54, 1.807) is 11.3 Å². The van der Waals surface area contributed by atoms with Crippen LogP contribution < -0.4 is 4.90 Å². The Morgan fingerprint density at radius 1 is 1.24 bits per heavy atom. The van der Waals surface area contributed by atoms with Gasteiger partial charge in [0.05, 0.1) is 29.3 Å². The molecule has 0 bridgehead atoms. The Morgan fingerprint density at radius 3 is 2.92 bits per heavy atom. The van der Waals surface area contributed by atoms with Crippen molar-refractivity contribution in [3.63, 3.8) is 0 Å². The van der Waals surface area contributed by atoms with Crippen molar-refractivity contribution in [2.24, 2.45) is 5.92 Å². The average Bonchev–Trinajstić information content (AvgIpc) is 3.04. The quantitative estimate of drug-likeness (QED) is 0.912. The molecule has 1 unspecified atom stereocenters. The van der Waals surface area contributed by atoms with Crippen LogP contribution in [0.4, 0.5) is 0 Å². The number of aromatic nitrogens is 1. The standard InChI is InChI=1S/C20H27N3OS/c1-22(13-19-21-16-9-3-5-11-18(16)25-19)20(24)14-23-12-6-8-15-7-2-4-10-17(15)23/h3,5,9,11,15,17H,2,4,6-8,10,12-14H2,1H3/p+1/t15-,17-/m0/s1. The van der Waals surface area contributed by atoms with E-state index in [4.69, 9.17) is 0 Å². The highest BCUT2D eigenvalue weighted by atomic mass is 32.1. The van der Waals surface area contributed by atoms with Crippen molar-refractivity contribution >= 4 is 27.5 Å². The maximum atomic E-state index is 12.8. The lowest BCUT2D eigenvalue weighted by molar-refractivity contribution is -0.929. The van der Waals surface area contributed by atoms with Gasteiger partial charge in [0.2, 0.25) is 0 Å². The first-order valence-corrected chi connectivity index (χ1v) is 10.5. The van der Waals surface area contributed by atoms with Crippen molar-refractivity contribution in [2.45, 2.75) is 51.1 Å². The number of hydrogen-bond donors (Lipinski definition) is 1. The minimum atomic E-state index is 0.264. The lowest BCUT2D eigenvalue weighted by Crippen LogP contribution is -3.18. The zero-order chi connectivity index (χ0) is 17.2. The Balaban J connectivity index is 1.38. The number of quaternary nitrogens is 1. The summed E-state index contributed by atoms with van der Waals surface area (Å²) in [7, 11) is 1.93. The molecule has 3 atom stereocenters. The summed E-state index contributed by atoms with van der Waals surface area (Å²) in [5.74, 6) is 1.13. The van der Waals surface area contributed by atoms with Crippen molar-refractivity contribution in [3.8, 4) is 0 Å². The molecule has 5 heteroatoms. The maximum Gasteiger partial charge on any atom is 0.277 e. The lowest BCUT2D eigenvalue weighted by Gasteiger charge is -2.41. The molecule has 25 heavy (non-hydrogen) atoms. The molecular formula is C20H28N3OS+. The van der Waals surface area contributed by atoms with Crippen LogP contribution in [0.25, 0.3) is 10.2 Å². The molecule has 0 radical (unpaired) electrons. The lowest BCUT2D eigenvalue weighted by atomic mass is 9.78. The topological polar surface area (TPSA) is 37.6 Å². The van der Waals surface area contributed by atoms with Gasteiger partial charge < -0.3 is 9.80 Å². The van der Waals surface area contributed by atoms with E-state index in [9.17, 15) is 4.79 Å². The van der Waals surface area contributed by atoms with Gasteiger partial charge in [0, 0.05) is 13.0 Å². The molecule has 2 aromatic rings. The summed E-state index contributed by atoms with van der Waals surface area (Å²) >= 11 is 1.70. The van der Waals surface area contributed by atoms with E-state index in [2.05, 4.69) is 11.1 Å². The van der Waals surface area contributed by atoms with Gasteiger partial charge in [0.1, 0.15) is 5.01 Å². The summed E-state index contributed by atoms with van der Waals surface area (Å²) in [6, 6.07) is 8.92. The third-order valence-electron chi connectivity index (χ3n) is 6.02. The Morgan fingerprint density at radius 2 is 2.04 bits per heavy atom. The van der Waals surface area contributed by atoms with Gasteiger partial charge in [-0.15, -0.1) is 11.3 Å². The van der Waals surface area contributed by atoms with Crippen molar-refractivity contribution < 1.29 is 9.69 Å². The fourth-order valence-corrected chi connectivity index (χ4v) is 5.72. The van der Waals surface area contributed by atoms with E-state index in [0.717, 1.165) is 22.5 Å². The Labute approximate surface area is 153 Å². The summed E-state index contributed by atoms with van der Waals surface area (Å²) in [6.07, 6.45) is 8.09. The maximum absolute atomic E-state index is 12.8. The van der Waals surface area contributed by atoms with Gasteiger partial charge in [-0.3, -0.25) is 4.79 Å². The number of nitrogens with one attached hydrogen (secondary N) is 1. The van der Waals surface area contributed by atoms with Gasteiger partial charge in [-0.05, 0) is 44.2 Å². The predicted molar refractivity (Wildman–Crippen MR) is 102 cm³/mol. The fourth-order valence-electron chi connectivity index (χ4n) is 4.69. The van der Waals surface area contributed by atoms with Crippen molar-refractivity contribution in [3.05, 3.63) is 29.3 Å². The number of carbonyl (C=O) groups excluding carboxylic acids is 1. The highest BCUT2D eigenvalue weighted by molar-refractivity contribution is 7.18. The monoisotopic (exact) mass is 358 g/mol. The second-order valence-corrected chi connectivity index (χ2v) is 8.82. The number of thiazole rings is 1. The molecule has 1 saturated heterocycles. The summed E-state index contributed by atoms with van der Waals surface area (Å²) in [4.78, 5) is 20.9. The van der Waals surface area contributed by atoms with Crippen LogP contribution in [-0.4, -0.2) is 42.0 Å². The van der Waals surface area contributed by atoms with E-state index in [0.29, 0.717) is 13.1 Å². The third kappa shape index (κ3) is 3.72. The number of likely N-dealkylation sites (tertiary alicyclic amines) is 1. The largest absolute Gasteiger partial charge is 0.334 e. The van der Waals surface area contributed by atoms with Gasteiger partial charge in [0.15, 0.2) is 6.54 Å². The molecule has 1 aliphatic carbocycles. The van der Waals surface area contributed by atoms with Gasteiger partial charge in [0.25, 0.3) is 5.91 Å². The molecule has 2 aliphatic rings. The van der Waals surface area contributed by atoms with Crippen LogP contribution in [-0.2, 0) is 11.3 Å². The number of carbonyl (C=O) groups is 1. The molecule has 2 fully saturated rings. The first kappa shape index (κ1) is 17.0. The number of para-hydroxylation sites is 1. The molecule has 1 N–H and O–H groups in total. The number of likely N-dealkylation sites (N-methyl/N-ethyl adjacent to an activating group) is 1. The van der Waals surface area contributed by atoms with Gasteiger partial charge >= 0.3 is 0 Å². The normalized spacial score (nSPS) is 26.4. The Kier molecular flexibility index (Phi) is 5.04. The summed E-state index contributed by atoms with van der Waals surface area (Å²) in [6.45, 7) is 2.45. The minimum absolute atomic E-state index is 0.264. The number of rotatable bonds is 4. The van der Waals surface area contributed by atoms with E-state index < -0.39 is 0 Å². The summed E-state index contributed by atoms with van der Waals surface area (Å²) < 4.78 is 1.20. The van der Waals surface area contributed by atoms with E-state index >= 15 is 0 Å². The molecule has 134 valence electrons. The number of fused-ring (bicyclic) bond motifs is 2. The van der Waals surface area contributed by atoms with Crippen LogP contribution >= 0.6 is 11.3 Å². The van der Waals surface area contributed by atoms with Crippen LogP contribution in [0.15, 0.2) is 24.3 Å². The van der Waals surface area contributed by atoms with Crippen LogP contribution in [0.3, 0.4) is 0 Å². The summed E-state index contributed by atoms with van der Waals surface area (Å²) in [5.41, 5.74) is 1.04. The number of amides is 1. The van der Waals surface area contributed by atoms with Gasteiger partial charge in [-0.25, -0.2) is 4.98 Å². The van der Waals surface area contributed by atoms with Crippen molar-refractivity contribution in [2.75, 3.05) is 20.1 Å². The Bertz CT molecular complexity index is 708. The molecule has 2 heterocycles. The highest BCUT2D eigenvalue weighted by Gasteiger charge is 2.37. The molecule has 4 rings (SSSR count). The SMILES string of the molecule is CN(Cc1nc2ccccc2s1)C(=O)C[NH+]1CCC[C@@H]2CCCC[C@@H]21. The zero-order valence-corrected chi connectivity index (χ0v) is 15.9. The predicted octanol–water partition coefficient (Wildman–Crippen LogP) is 2.49. The number of benzene rings is 1. The Hall–Kier alpha value is -1.46. The first-order valence-electron chi connectivity index (χ1n) is 9.63. The van der Waals surface area contributed by atoms with Crippen LogP contribution in [0, 0.1) is 5.92 Å². The number of nitrogens with zero attached hydrogens (tertiary/aromatic N) is 2. The first-order chi connectivity index (χ1) is 12.2. The van der Waals surface area contributed by atoms with Gasteiger partial charge in [-0.1, -0.05) is 18.6 Å². The van der Waals surface area contributed by atoms with Crippen molar-refractivity contribution in [1.29, 1.82) is 0 Å². The minimum Gasteiger partial charge on any atom is -0.334 e. The highest BCUT2D eigenvalue weighted by Crippen LogP contribution is 2.28. The molecule has 1 aromatic heterocycles. The van der Waals surface area contributed by atoms with Crippen LogP contribution in [0.5, 0.6) is 0 Å². The van der Waals surface area contributed by atoms with Crippen LogP contribution in [0.2, 0.25) is 0 Å². The molecule has 1 aromatic carbocycles. The molecule has 1 amide bonds. The fraction of sp³-hybridized carbons (Fsp3) is 0.600. The van der Waals surface area contributed by atoms with E-state index in [1.807, 2.05) is 30.1 Å². The molecule has 0 spiro atoms. The molecular weight excluding hydrogens is 330 g/mol. The van der Waals surface area contributed by atoms with Crippen molar-refractivity contribution in [1.82, 2.24) is 9.88 Å². The van der Waals surface area contributed by atoms with E-state index in [-0.39, 0.29) is 5.91 Å². The second-order valence-electron chi connectivity index (χ2n) is 7.70. The third-order valence-corrected chi connectivity index (χ3v) is 7.04. The smallest absolute Gasteiger partial charge is 0.277 e. The molecule has 1 aliphatic heterocycles. The van der Waals surface area contributed by atoms with Gasteiger partial charge in [-0.2, -0.15) is 0 Å². The number of piperidine rings is 1. The molecule has 1 saturated carbocycles. The molecule has 4 nitrogen and oxygen atoms in total.